The van der Waals surface area contributed by atoms with E-state index in [-0.39, 0.29) is 4.90 Å². The first kappa shape index (κ1) is 15.5. The highest BCUT2D eigenvalue weighted by atomic mass is 32.2. The summed E-state index contributed by atoms with van der Waals surface area (Å²) in [5.41, 5.74) is 2.71. The molecule has 118 valence electrons. The van der Waals surface area contributed by atoms with Gasteiger partial charge in [0, 0.05) is 25.4 Å². The summed E-state index contributed by atoms with van der Waals surface area (Å²) in [4.78, 5) is 4.52. The lowest BCUT2D eigenvalue weighted by Crippen LogP contribution is -2.12. The molecular weight excluding hydrogens is 322 g/mol. The van der Waals surface area contributed by atoms with Gasteiger partial charge in [-0.1, -0.05) is 30.0 Å². The third-order valence-corrected chi connectivity index (χ3v) is 5.43. The van der Waals surface area contributed by atoms with Gasteiger partial charge in [0.2, 0.25) is 0 Å². The van der Waals surface area contributed by atoms with Crippen LogP contribution in [0.15, 0.2) is 40.4 Å². The number of fused-ring (bicyclic) bond motifs is 3. The smallest absolute Gasteiger partial charge is 0.294 e. The number of hydrogen-bond acceptors (Lipinski definition) is 5. The fourth-order valence-corrected chi connectivity index (χ4v) is 3.96. The van der Waals surface area contributed by atoms with Crippen molar-refractivity contribution in [2.45, 2.75) is 36.1 Å². The number of hydrogen-bond donors (Lipinski definition) is 2. The van der Waals surface area contributed by atoms with Gasteiger partial charge in [-0.3, -0.25) is 4.55 Å². The molecule has 2 N–H and O–H groups in total. The van der Waals surface area contributed by atoms with E-state index in [1.54, 1.807) is 18.2 Å². The summed E-state index contributed by atoms with van der Waals surface area (Å²) in [5, 5.41) is 4.57. The van der Waals surface area contributed by atoms with Crippen molar-refractivity contribution in [3.05, 3.63) is 41.7 Å². The summed E-state index contributed by atoms with van der Waals surface area (Å²) in [7, 11) is -4.00. The van der Waals surface area contributed by atoms with Crippen LogP contribution in [0.5, 0.6) is 0 Å². The van der Waals surface area contributed by atoms with Crippen molar-refractivity contribution < 1.29 is 13.0 Å². The zero-order valence-electron chi connectivity index (χ0n) is 11.9. The second-order valence-corrected chi connectivity index (χ2v) is 7.52. The van der Waals surface area contributed by atoms with E-state index >= 15 is 0 Å². The fraction of sp³-hybridized carbons (Fsp3) is 0.357. The number of nitrogens with zero attached hydrogens (tertiary/aromatic N) is 2. The zero-order valence-corrected chi connectivity index (χ0v) is 13.5. The Hall–Kier alpha value is -1.35. The van der Waals surface area contributed by atoms with Crippen LogP contribution in [0.1, 0.15) is 17.8 Å². The minimum absolute atomic E-state index is 0.0741. The second-order valence-electron chi connectivity index (χ2n) is 5.03. The predicted octanol–water partition coefficient (Wildman–Crippen LogP) is 1.92. The largest absolute Gasteiger partial charge is 0.322 e. The molecule has 0 bridgehead atoms. The first-order valence-corrected chi connectivity index (χ1v) is 9.42. The molecule has 0 saturated heterocycles. The number of thioether (sulfide) groups is 1. The van der Waals surface area contributed by atoms with Crippen LogP contribution in [0.4, 0.5) is 0 Å². The van der Waals surface area contributed by atoms with Gasteiger partial charge in [-0.05, 0) is 18.6 Å². The average molecular weight is 339 g/mol. The van der Waals surface area contributed by atoms with E-state index in [9.17, 15) is 8.42 Å². The molecule has 1 aromatic heterocycles. The summed E-state index contributed by atoms with van der Waals surface area (Å²) in [6.45, 7) is 3.16. The van der Waals surface area contributed by atoms with E-state index in [0.29, 0.717) is 0 Å². The van der Waals surface area contributed by atoms with Crippen LogP contribution >= 0.6 is 11.8 Å². The van der Waals surface area contributed by atoms with Gasteiger partial charge in [0.25, 0.3) is 10.1 Å². The van der Waals surface area contributed by atoms with Crippen molar-refractivity contribution in [3.63, 3.8) is 0 Å². The van der Waals surface area contributed by atoms with Gasteiger partial charge in [-0.15, -0.1) is 0 Å². The van der Waals surface area contributed by atoms with E-state index < -0.39 is 10.1 Å². The molecular formula is C14H17N3O3S2. The molecule has 1 aromatic carbocycles. The van der Waals surface area contributed by atoms with Crippen molar-refractivity contribution in [1.29, 1.82) is 0 Å². The van der Waals surface area contributed by atoms with Gasteiger partial charge < -0.3 is 9.88 Å². The van der Waals surface area contributed by atoms with Crippen molar-refractivity contribution in [2.75, 3.05) is 5.75 Å². The first-order chi connectivity index (χ1) is 10.6. The molecule has 0 atom stereocenters. The number of aromatic nitrogens is 2. The maximum absolute atomic E-state index is 10.4. The number of nitrogens with one attached hydrogen (secondary N) is 1. The van der Waals surface area contributed by atoms with Crippen LogP contribution in [-0.4, -0.2) is 28.3 Å². The van der Waals surface area contributed by atoms with Crippen LogP contribution < -0.4 is 5.32 Å². The Morgan fingerprint density at radius 1 is 1.23 bits per heavy atom. The lowest BCUT2D eigenvalue weighted by atomic mass is 10.3. The lowest BCUT2D eigenvalue weighted by molar-refractivity contribution is 0.483. The maximum Gasteiger partial charge on any atom is 0.294 e. The Labute approximate surface area is 133 Å². The molecule has 0 aliphatic carbocycles. The molecule has 0 unspecified atom stereocenters. The topological polar surface area (TPSA) is 84.2 Å². The predicted molar refractivity (Wildman–Crippen MR) is 84.4 cm³/mol. The van der Waals surface area contributed by atoms with Crippen LogP contribution in [0.25, 0.3) is 0 Å². The molecule has 8 heteroatoms. The van der Waals surface area contributed by atoms with Gasteiger partial charge in [-0.2, -0.15) is 8.42 Å². The summed E-state index contributed by atoms with van der Waals surface area (Å²) in [6.07, 6.45) is 1.29. The van der Waals surface area contributed by atoms with E-state index in [4.69, 9.17) is 4.55 Å². The molecule has 22 heavy (non-hydrogen) atoms. The molecule has 2 aliphatic rings. The molecule has 0 radical (unpaired) electrons. The second kappa shape index (κ2) is 6.41. The zero-order chi connectivity index (χ0) is 15.6. The van der Waals surface area contributed by atoms with E-state index in [2.05, 4.69) is 14.9 Å². The summed E-state index contributed by atoms with van der Waals surface area (Å²) >= 11 is 1.90. The Kier molecular flexibility index (Phi) is 4.53. The Morgan fingerprint density at radius 2 is 2.00 bits per heavy atom. The standard InChI is InChI=1S/C8H11N3S.C6H6O3S/c1-2-11-7-5-9-4-6(7)10-8(11)12-3-1;7-10(8,9)6-4-2-1-3-5-6/h9H,1-5H2;1-5H,(H,7,8,9). The molecule has 2 aliphatic heterocycles. The van der Waals surface area contributed by atoms with Gasteiger partial charge in [0.05, 0.1) is 16.3 Å². The molecule has 2 aromatic rings. The summed E-state index contributed by atoms with van der Waals surface area (Å²) in [5.74, 6) is 1.24. The van der Waals surface area contributed by atoms with Gasteiger partial charge >= 0.3 is 0 Å². The van der Waals surface area contributed by atoms with Crippen molar-refractivity contribution in [2.24, 2.45) is 0 Å². The average Bonchev–Trinajstić information content (AvgIpc) is 3.09. The van der Waals surface area contributed by atoms with Gasteiger partial charge in [0.1, 0.15) is 0 Å². The first-order valence-electron chi connectivity index (χ1n) is 7.00. The van der Waals surface area contributed by atoms with Crippen molar-refractivity contribution >= 4 is 21.9 Å². The minimum Gasteiger partial charge on any atom is -0.322 e. The van der Waals surface area contributed by atoms with E-state index in [0.717, 1.165) is 13.1 Å². The number of imidazole rings is 1. The Balaban J connectivity index is 0.000000134. The summed E-state index contributed by atoms with van der Waals surface area (Å²) < 4.78 is 31.6. The maximum atomic E-state index is 10.4. The van der Waals surface area contributed by atoms with Crippen molar-refractivity contribution in [1.82, 2.24) is 14.9 Å². The van der Waals surface area contributed by atoms with E-state index in [1.165, 1.54) is 47.4 Å². The highest BCUT2D eigenvalue weighted by Crippen LogP contribution is 2.28. The number of rotatable bonds is 1. The molecule has 4 rings (SSSR count). The van der Waals surface area contributed by atoms with E-state index in [1.807, 2.05) is 11.8 Å². The lowest BCUT2D eigenvalue weighted by Gasteiger charge is -2.14. The monoisotopic (exact) mass is 339 g/mol. The summed E-state index contributed by atoms with van der Waals surface area (Å²) in [6, 6.07) is 7.42. The Morgan fingerprint density at radius 3 is 2.68 bits per heavy atom. The van der Waals surface area contributed by atoms with Crippen LogP contribution in [0.3, 0.4) is 0 Å². The molecule has 0 saturated carbocycles. The normalized spacial score (nSPS) is 16.4. The highest BCUT2D eigenvalue weighted by Gasteiger charge is 2.22. The van der Waals surface area contributed by atoms with Crippen LogP contribution in [-0.2, 0) is 29.8 Å². The molecule has 6 nitrogen and oxygen atoms in total. The minimum atomic E-state index is -4.00. The molecule has 0 spiro atoms. The van der Waals surface area contributed by atoms with Crippen molar-refractivity contribution in [3.8, 4) is 0 Å². The SMILES string of the molecule is C1CSc2nc3c(n2C1)CNC3.O=S(=O)(O)c1ccccc1. The molecule has 0 amide bonds. The third-order valence-electron chi connectivity index (χ3n) is 3.50. The fourth-order valence-electron chi connectivity index (χ4n) is 2.47. The molecule has 3 heterocycles. The number of benzene rings is 1. The van der Waals surface area contributed by atoms with Crippen LogP contribution in [0.2, 0.25) is 0 Å². The highest BCUT2D eigenvalue weighted by molar-refractivity contribution is 7.99. The van der Waals surface area contributed by atoms with Crippen LogP contribution in [0, 0.1) is 0 Å². The van der Waals surface area contributed by atoms with Gasteiger partial charge in [-0.25, -0.2) is 4.98 Å². The third kappa shape index (κ3) is 3.35. The molecule has 0 fully saturated rings. The Bertz CT molecular complexity index is 757. The quantitative estimate of drug-likeness (QED) is 0.772. The van der Waals surface area contributed by atoms with Gasteiger partial charge in [0.15, 0.2) is 5.16 Å².